The zero-order valence-corrected chi connectivity index (χ0v) is 20.0. The van der Waals surface area contributed by atoms with Gasteiger partial charge in [-0.25, -0.2) is 0 Å². The normalized spacial score (nSPS) is 14.9. The van der Waals surface area contributed by atoms with Gasteiger partial charge < -0.3 is 15.4 Å². The molecular weight excluding hydrogens is 522 g/mol. The molecule has 0 spiro atoms. The van der Waals surface area contributed by atoms with Crippen molar-refractivity contribution in [2.45, 2.75) is 57.9 Å². The Labute approximate surface area is 197 Å². The van der Waals surface area contributed by atoms with E-state index in [1.807, 2.05) is 29.9 Å². The predicted octanol–water partition coefficient (Wildman–Crippen LogP) is 4.73. The number of rotatable bonds is 7. The molecule has 172 valence electrons. The molecule has 2 N–H and O–H groups in total. The summed E-state index contributed by atoms with van der Waals surface area (Å²) in [6, 6.07) is 7.68. The predicted molar refractivity (Wildman–Crippen MR) is 125 cm³/mol. The number of alkyl halides is 3. The lowest BCUT2D eigenvalue weighted by atomic mass is 10.1. The van der Waals surface area contributed by atoms with Gasteiger partial charge in [0.15, 0.2) is 12.6 Å². The number of nitrogens with one attached hydrogen (secondary N) is 2. The molecule has 1 heterocycles. The van der Waals surface area contributed by atoms with Crippen molar-refractivity contribution in [2.24, 2.45) is 4.99 Å². The summed E-state index contributed by atoms with van der Waals surface area (Å²) in [5.41, 5.74) is 2.36. The fourth-order valence-electron chi connectivity index (χ4n) is 3.52. The van der Waals surface area contributed by atoms with Gasteiger partial charge in [0.25, 0.3) is 0 Å². The van der Waals surface area contributed by atoms with Gasteiger partial charge in [-0.1, -0.05) is 25.0 Å². The van der Waals surface area contributed by atoms with Crippen molar-refractivity contribution in [1.29, 1.82) is 0 Å². The lowest BCUT2D eigenvalue weighted by molar-refractivity contribution is -0.153. The van der Waals surface area contributed by atoms with Crippen LogP contribution in [0.15, 0.2) is 35.5 Å². The van der Waals surface area contributed by atoms with Crippen LogP contribution in [0.25, 0.3) is 0 Å². The summed E-state index contributed by atoms with van der Waals surface area (Å²) in [6.07, 6.45) is 2.48. The van der Waals surface area contributed by atoms with Crippen molar-refractivity contribution in [3.63, 3.8) is 0 Å². The lowest BCUT2D eigenvalue weighted by Crippen LogP contribution is -2.36. The Hall–Kier alpha value is -1.98. The molecule has 1 saturated carbocycles. The quantitative estimate of drug-likeness (QED) is 0.297. The number of hydrogen-bond acceptors (Lipinski definition) is 3. The minimum atomic E-state index is -4.38. The molecule has 1 aliphatic carbocycles. The molecule has 31 heavy (non-hydrogen) atoms. The van der Waals surface area contributed by atoms with Gasteiger partial charge in [-0.3, -0.25) is 9.67 Å². The van der Waals surface area contributed by atoms with Crippen molar-refractivity contribution < 1.29 is 17.9 Å². The number of aliphatic imine (C=N–C) groups is 1. The second kappa shape index (κ2) is 11.6. The molecule has 0 saturated heterocycles. The van der Waals surface area contributed by atoms with E-state index < -0.39 is 12.8 Å². The third-order valence-electron chi connectivity index (χ3n) is 5.08. The average Bonchev–Trinajstić information content (AvgIpc) is 3.38. The van der Waals surface area contributed by atoms with Crippen LogP contribution in [0.4, 0.5) is 13.2 Å². The van der Waals surface area contributed by atoms with Gasteiger partial charge in [0, 0.05) is 25.4 Å². The first-order valence-electron chi connectivity index (χ1n) is 10.1. The number of nitrogens with zero attached hydrogens (tertiary/aromatic N) is 3. The van der Waals surface area contributed by atoms with E-state index in [-0.39, 0.29) is 36.3 Å². The molecule has 6 nitrogen and oxygen atoms in total. The molecule has 1 aromatic heterocycles. The van der Waals surface area contributed by atoms with E-state index in [0.717, 1.165) is 11.3 Å². The van der Waals surface area contributed by atoms with Crippen molar-refractivity contribution in [3.8, 4) is 5.75 Å². The highest BCUT2D eigenvalue weighted by Gasteiger charge is 2.28. The van der Waals surface area contributed by atoms with Crippen LogP contribution in [0, 0.1) is 6.92 Å². The highest BCUT2D eigenvalue weighted by atomic mass is 127. The fourth-order valence-corrected chi connectivity index (χ4v) is 3.52. The Kier molecular flexibility index (Phi) is 9.45. The Morgan fingerprint density at radius 1 is 1.19 bits per heavy atom. The minimum Gasteiger partial charge on any atom is -0.484 e. The second-order valence-electron chi connectivity index (χ2n) is 7.52. The van der Waals surface area contributed by atoms with Gasteiger partial charge in [0.1, 0.15) is 5.75 Å². The Morgan fingerprint density at radius 3 is 2.58 bits per heavy atom. The number of halogens is 4. The first kappa shape index (κ1) is 25.3. The van der Waals surface area contributed by atoms with Crippen molar-refractivity contribution in [1.82, 2.24) is 20.4 Å². The van der Waals surface area contributed by atoms with Crippen LogP contribution in [0.5, 0.6) is 5.75 Å². The molecule has 2 aromatic rings. The summed E-state index contributed by atoms with van der Waals surface area (Å²) < 4.78 is 44.6. The summed E-state index contributed by atoms with van der Waals surface area (Å²) in [5.74, 6) is 0.748. The van der Waals surface area contributed by atoms with Gasteiger partial charge in [0.2, 0.25) is 0 Å². The number of guanidine groups is 1. The SMILES string of the molecule is CN=C(NCc1ccn(C2CCCC2)n1)NCc1ccc(C)cc1OCC(F)(F)F.I. The first-order valence-corrected chi connectivity index (χ1v) is 10.1. The number of benzene rings is 1. The third-order valence-corrected chi connectivity index (χ3v) is 5.08. The second-order valence-corrected chi connectivity index (χ2v) is 7.52. The van der Waals surface area contributed by atoms with Crippen molar-refractivity contribution >= 4 is 29.9 Å². The maximum absolute atomic E-state index is 12.5. The van der Waals surface area contributed by atoms with Crippen LogP contribution in [-0.2, 0) is 13.1 Å². The molecule has 3 rings (SSSR count). The topological polar surface area (TPSA) is 63.5 Å². The largest absolute Gasteiger partial charge is 0.484 e. The van der Waals surface area contributed by atoms with Gasteiger partial charge in [-0.15, -0.1) is 24.0 Å². The van der Waals surface area contributed by atoms with E-state index in [9.17, 15) is 13.2 Å². The zero-order chi connectivity index (χ0) is 21.6. The maximum Gasteiger partial charge on any atom is 0.422 e. The van der Waals surface area contributed by atoms with Crippen LogP contribution in [0.3, 0.4) is 0 Å². The van der Waals surface area contributed by atoms with E-state index in [4.69, 9.17) is 4.74 Å². The molecule has 0 radical (unpaired) electrons. The number of aromatic nitrogens is 2. The fraction of sp³-hybridized carbons (Fsp3) is 0.524. The molecule has 0 unspecified atom stereocenters. The number of aryl methyl sites for hydroxylation is 1. The number of ether oxygens (including phenoxy) is 1. The first-order chi connectivity index (χ1) is 14.3. The summed E-state index contributed by atoms with van der Waals surface area (Å²) >= 11 is 0. The van der Waals surface area contributed by atoms with E-state index >= 15 is 0 Å². The standard InChI is InChI=1S/C21H28F3N5O.HI/c1-15-7-8-16(19(11-15)30-14-21(22,23)24)12-26-20(25-2)27-13-17-9-10-29(28-17)18-5-3-4-6-18;/h7-11,18H,3-6,12-14H2,1-2H3,(H2,25,26,27);1H. The molecule has 0 aliphatic heterocycles. The molecule has 1 fully saturated rings. The highest BCUT2D eigenvalue weighted by Crippen LogP contribution is 2.28. The monoisotopic (exact) mass is 551 g/mol. The smallest absolute Gasteiger partial charge is 0.422 e. The van der Waals surface area contributed by atoms with E-state index in [0.29, 0.717) is 24.1 Å². The molecule has 0 amide bonds. The summed E-state index contributed by atoms with van der Waals surface area (Å²) in [4.78, 5) is 4.17. The summed E-state index contributed by atoms with van der Waals surface area (Å²) in [5, 5.41) is 10.9. The van der Waals surface area contributed by atoms with Crippen LogP contribution >= 0.6 is 24.0 Å². The molecular formula is C21H29F3IN5O. The average molecular weight is 551 g/mol. The lowest BCUT2D eigenvalue weighted by Gasteiger charge is -2.16. The Balaban J connectivity index is 0.00000341. The molecule has 10 heteroatoms. The Bertz CT molecular complexity index is 863. The van der Waals surface area contributed by atoms with Crippen molar-refractivity contribution in [3.05, 3.63) is 47.3 Å². The highest BCUT2D eigenvalue weighted by molar-refractivity contribution is 14.0. The maximum atomic E-state index is 12.5. The van der Waals surface area contributed by atoms with E-state index in [1.54, 1.807) is 19.2 Å². The third kappa shape index (κ3) is 7.89. The Morgan fingerprint density at radius 2 is 1.90 bits per heavy atom. The van der Waals surface area contributed by atoms with Crippen LogP contribution in [0.1, 0.15) is 48.5 Å². The zero-order valence-electron chi connectivity index (χ0n) is 17.7. The van der Waals surface area contributed by atoms with Crippen LogP contribution < -0.4 is 15.4 Å². The van der Waals surface area contributed by atoms with Crippen LogP contribution in [0.2, 0.25) is 0 Å². The van der Waals surface area contributed by atoms with Gasteiger partial charge in [-0.2, -0.15) is 18.3 Å². The van der Waals surface area contributed by atoms with Gasteiger partial charge in [0.05, 0.1) is 18.3 Å². The van der Waals surface area contributed by atoms with Crippen LogP contribution in [-0.4, -0.2) is 35.6 Å². The number of hydrogen-bond donors (Lipinski definition) is 2. The summed E-state index contributed by atoms with van der Waals surface area (Å²) in [7, 11) is 1.64. The summed E-state index contributed by atoms with van der Waals surface area (Å²) in [6.45, 7) is 1.28. The van der Waals surface area contributed by atoms with Gasteiger partial charge in [-0.05, 0) is 37.5 Å². The van der Waals surface area contributed by atoms with E-state index in [1.165, 1.54) is 25.7 Å². The molecule has 0 bridgehead atoms. The molecule has 0 atom stereocenters. The molecule has 1 aromatic carbocycles. The molecule has 1 aliphatic rings. The van der Waals surface area contributed by atoms with E-state index in [2.05, 4.69) is 20.7 Å². The van der Waals surface area contributed by atoms with Crippen molar-refractivity contribution in [2.75, 3.05) is 13.7 Å². The minimum absolute atomic E-state index is 0. The van der Waals surface area contributed by atoms with Gasteiger partial charge >= 0.3 is 6.18 Å².